The standard InChI is InChI=1S/C11H10F4INO/c1-6-3-2-4-7(8(6)16)9(18)17-5-11(14,15)10(12)13/h2-4,10H,5H2,1H3,(H,17,18). The fourth-order valence-electron chi connectivity index (χ4n) is 1.19. The third-order valence-electron chi connectivity index (χ3n) is 2.24. The van der Waals surface area contributed by atoms with Crippen molar-refractivity contribution in [2.45, 2.75) is 19.3 Å². The van der Waals surface area contributed by atoms with E-state index >= 15 is 0 Å². The van der Waals surface area contributed by atoms with Crippen LogP contribution in [0.2, 0.25) is 0 Å². The zero-order chi connectivity index (χ0) is 13.9. The van der Waals surface area contributed by atoms with Crippen LogP contribution in [0, 0.1) is 10.5 Å². The van der Waals surface area contributed by atoms with Crippen LogP contribution in [0.25, 0.3) is 0 Å². The number of nitrogens with one attached hydrogen (secondary N) is 1. The number of hydrogen-bond acceptors (Lipinski definition) is 1. The molecule has 0 aliphatic heterocycles. The number of halogens is 5. The van der Waals surface area contributed by atoms with E-state index in [1.54, 1.807) is 19.1 Å². The minimum Gasteiger partial charge on any atom is -0.346 e. The topological polar surface area (TPSA) is 29.1 Å². The van der Waals surface area contributed by atoms with E-state index in [2.05, 4.69) is 0 Å². The maximum Gasteiger partial charge on any atom is 0.324 e. The summed E-state index contributed by atoms with van der Waals surface area (Å²) in [5.74, 6) is -5.01. The molecule has 100 valence electrons. The lowest BCUT2D eigenvalue weighted by Crippen LogP contribution is -2.41. The largest absolute Gasteiger partial charge is 0.346 e. The highest BCUT2D eigenvalue weighted by atomic mass is 127. The molecule has 0 bridgehead atoms. The highest BCUT2D eigenvalue weighted by Gasteiger charge is 2.40. The molecule has 0 atom stereocenters. The van der Waals surface area contributed by atoms with Gasteiger partial charge in [0, 0.05) is 3.57 Å². The van der Waals surface area contributed by atoms with Gasteiger partial charge in [0.25, 0.3) is 5.91 Å². The van der Waals surface area contributed by atoms with Crippen molar-refractivity contribution in [3.8, 4) is 0 Å². The molecule has 0 aromatic heterocycles. The van der Waals surface area contributed by atoms with E-state index in [0.717, 1.165) is 5.56 Å². The first-order valence-corrected chi connectivity index (χ1v) is 6.03. The zero-order valence-electron chi connectivity index (χ0n) is 9.31. The van der Waals surface area contributed by atoms with E-state index in [1.165, 1.54) is 6.07 Å². The Morgan fingerprint density at radius 2 is 2.06 bits per heavy atom. The normalized spacial score (nSPS) is 11.7. The van der Waals surface area contributed by atoms with Crippen LogP contribution < -0.4 is 5.32 Å². The quantitative estimate of drug-likeness (QED) is 0.636. The van der Waals surface area contributed by atoms with Gasteiger partial charge in [-0.3, -0.25) is 4.79 Å². The van der Waals surface area contributed by atoms with E-state index in [0.29, 0.717) is 3.57 Å². The maximum absolute atomic E-state index is 12.6. The third kappa shape index (κ3) is 3.56. The summed E-state index contributed by atoms with van der Waals surface area (Å²) in [7, 11) is 0. The lowest BCUT2D eigenvalue weighted by molar-refractivity contribution is -0.123. The Hall–Kier alpha value is -0.860. The van der Waals surface area contributed by atoms with Gasteiger partial charge in [0.15, 0.2) is 0 Å². The first kappa shape index (κ1) is 15.2. The van der Waals surface area contributed by atoms with E-state index in [-0.39, 0.29) is 5.56 Å². The molecule has 0 heterocycles. The summed E-state index contributed by atoms with van der Waals surface area (Å²) in [6, 6.07) is 4.80. The van der Waals surface area contributed by atoms with Crippen LogP contribution in [-0.4, -0.2) is 24.8 Å². The lowest BCUT2D eigenvalue weighted by Gasteiger charge is -2.16. The van der Waals surface area contributed by atoms with Crippen LogP contribution in [0.4, 0.5) is 17.6 Å². The number of alkyl halides is 4. The number of amides is 1. The number of carbonyl (C=O) groups excluding carboxylic acids is 1. The fourth-order valence-corrected chi connectivity index (χ4v) is 1.80. The second kappa shape index (κ2) is 5.85. The molecule has 0 radical (unpaired) electrons. The van der Waals surface area contributed by atoms with Gasteiger partial charge in [-0.2, -0.15) is 8.78 Å². The molecule has 18 heavy (non-hydrogen) atoms. The molecule has 2 nitrogen and oxygen atoms in total. The molecular weight excluding hydrogens is 365 g/mol. The maximum atomic E-state index is 12.6. The minimum absolute atomic E-state index is 0.195. The predicted molar refractivity (Wildman–Crippen MR) is 67.2 cm³/mol. The van der Waals surface area contributed by atoms with Gasteiger partial charge in [0.05, 0.1) is 12.1 Å². The van der Waals surface area contributed by atoms with Gasteiger partial charge in [-0.15, -0.1) is 0 Å². The van der Waals surface area contributed by atoms with E-state index < -0.39 is 24.8 Å². The van der Waals surface area contributed by atoms with Crippen LogP contribution in [0.5, 0.6) is 0 Å². The van der Waals surface area contributed by atoms with Crippen LogP contribution in [0.3, 0.4) is 0 Å². The third-order valence-corrected chi connectivity index (χ3v) is 3.67. The predicted octanol–water partition coefficient (Wildman–Crippen LogP) is 3.23. The Kier molecular flexibility index (Phi) is 4.94. The molecular formula is C11H10F4INO. The summed E-state index contributed by atoms with van der Waals surface area (Å²) >= 11 is 1.90. The molecule has 1 N–H and O–H groups in total. The number of benzene rings is 1. The Bertz CT molecular complexity index is 451. The molecule has 0 aliphatic carbocycles. The van der Waals surface area contributed by atoms with Crippen molar-refractivity contribution in [1.82, 2.24) is 5.32 Å². The smallest absolute Gasteiger partial charge is 0.324 e. The van der Waals surface area contributed by atoms with Crippen molar-refractivity contribution >= 4 is 28.5 Å². The van der Waals surface area contributed by atoms with Crippen LogP contribution in [-0.2, 0) is 0 Å². The van der Waals surface area contributed by atoms with Gasteiger partial charge in [-0.05, 0) is 41.1 Å². The van der Waals surface area contributed by atoms with Gasteiger partial charge in [-0.25, -0.2) is 8.78 Å². The van der Waals surface area contributed by atoms with Gasteiger partial charge in [0.2, 0.25) is 0 Å². The van der Waals surface area contributed by atoms with E-state index in [1.807, 2.05) is 27.9 Å². The highest BCUT2D eigenvalue weighted by molar-refractivity contribution is 14.1. The Labute approximate surface area is 115 Å². The summed E-state index contributed by atoms with van der Waals surface area (Å²) in [6.45, 7) is 0.375. The summed E-state index contributed by atoms with van der Waals surface area (Å²) < 4.78 is 49.7. The number of carbonyl (C=O) groups is 1. The number of hydrogen-bond donors (Lipinski definition) is 1. The average Bonchev–Trinajstić information content (AvgIpc) is 2.29. The molecule has 1 aromatic rings. The first-order chi connectivity index (χ1) is 8.25. The van der Waals surface area contributed by atoms with Crippen molar-refractivity contribution in [3.05, 3.63) is 32.9 Å². The second-order valence-electron chi connectivity index (χ2n) is 3.68. The SMILES string of the molecule is Cc1cccc(C(=O)NCC(F)(F)C(F)F)c1I. The van der Waals surface area contributed by atoms with E-state index in [9.17, 15) is 22.4 Å². The van der Waals surface area contributed by atoms with Gasteiger partial charge >= 0.3 is 12.3 Å². The summed E-state index contributed by atoms with van der Waals surface area (Å²) in [5, 5.41) is 1.81. The van der Waals surface area contributed by atoms with Crippen molar-refractivity contribution in [2.75, 3.05) is 6.54 Å². The molecule has 0 fully saturated rings. The van der Waals surface area contributed by atoms with Crippen LogP contribution in [0.1, 0.15) is 15.9 Å². The molecule has 0 aliphatic rings. The summed E-state index contributed by atoms with van der Waals surface area (Å²) in [6.07, 6.45) is -3.80. The minimum atomic E-state index is -4.22. The molecule has 1 amide bonds. The number of rotatable bonds is 4. The lowest BCUT2D eigenvalue weighted by atomic mass is 10.1. The summed E-state index contributed by atoms with van der Waals surface area (Å²) in [5.41, 5.74) is 1.00. The molecule has 0 saturated carbocycles. The Balaban J connectivity index is 2.75. The van der Waals surface area contributed by atoms with Crippen molar-refractivity contribution < 1.29 is 22.4 Å². The number of aryl methyl sites for hydroxylation is 1. The molecule has 0 spiro atoms. The van der Waals surface area contributed by atoms with Gasteiger partial charge < -0.3 is 5.32 Å². The van der Waals surface area contributed by atoms with Gasteiger partial charge in [0.1, 0.15) is 0 Å². The summed E-state index contributed by atoms with van der Waals surface area (Å²) in [4.78, 5) is 11.6. The Morgan fingerprint density at radius 3 is 2.61 bits per heavy atom. The monoisotopic (exact) mass is 375 g/mol. The average molecular weight is 375 g/mol. The van der Waals surface area contributed by atoms with Crippen LogP contribution in [0.15, 0.2) is 18.2 Å². The van der Waals surface area contributed by atoms with Crippen molar-refractivity contribution in [1.29, 1.82) is 0 Å². The molecule has 1 rings (SSSR count). The molecule has 1 aromatic carbocycles. The van der Waals surface area contributed by atoms with Crippen molar-refractivity contribution in [3.63, 3.8) is 0 Å². The first-order valence-electron chi connectivity index (χ1n) is 4.95. The van der Waals surface area contributed by atoms with E-state index in [4.69, 9.17) is 0 Å². The van der Waals surface area contributed by atoms with Crippen molar-refractivity contribution in [2.24, 2.45) is 0 Å². The highest BCUT2D eigenvalue weighted by Crippen LogP contribution is 2.22. The fraction of sp³-hybridized carbons (Fsp3) is 0.364. The molecule has 0 unspecified atom stereocenters. The second-order valence-corrected chi connectivity index (χ2v) is 4.76. The van der Waals surface area contributed by atoms with Gasteiger partial charge in [-0.1, -0.05) is 12.1 Å². The van der Waals surface area contributed by atoms with Crippen LogP contribution >= 0.6 is 22.6 Å². The molecule has 0 saturated heterocycles. The Morgan fingerprint density at radius 1 is 1.44 bits per heavy atom. The molecule has 7 heteroatoms. The zero-order valence-corrected chi connectivity index (χ0v) is 11.5.